The number of aliphatic imine (C=N–C) groups is 1. The molecule has 0 spiro atoms. The van der Waals surface area contributed by atoms with E-state index in [1.807, 2.05) is 6.07 Å². The molecule has 0 amide bonds. The molecule has 2 heterocycles. The van der Waals surface area contributed by atoms with E-state index in [0.29, 0.717) is 6.54 Å². The zero-order valence-corrected chi connectivity index (χ0v) is 14.8. The van der Waals surface area contributed by atoms with Gasteiger partial charge in [0.1, 0.15) is 0 Å². The average Bonchev–Trinajstić information content (AvgIpc) is 3.04. The minimum Gasteiger partial charge on any atom is -0.357 e. The Morgan fingerprint density at radius 1 is 1.40 bits per heavy atom. The van der Waals surface area contributed by atoms with Gasteiger partial charge in [-0.25, -0.2) is 4.99 Å². The zero-order valence-electron chi connectivity index (χ0n) is 11.6. The number of aromatic amines is 1. The topological polar surface area (TPSA) is 65.1 Å². The number of H-pyrrole nitrogens is 1. The lowest BCUT2D eigenvalue weighted by molar-refractivity contribution is 0.815. The number of nitrogens with zero attached hydrogens (tertiary/aromatic N) is 2. The molecule has 2 aromatic rings. The molecule has 0 saturated carbocycles. The van der Waals surface area contributed by atoms with Crippen molar-refractivity contribution in [3.63, 3.8) is 0 Å². The maximum absolute atomic E-state index is 4.51. The van der Waals surface area contributed by atoms with Gasteiger partial charge in [-0.1, -0.05) is 0 Å². The van der Waals surface area contributed by atoms with Gasteiger partial charge in [-0.05, 0) is 36.9 Å². The van der Waals surface area contributed by atoms with Gasteiger partial charge in [0.2, 0.25) is 0 Å². The highest BCUT2D eigenvalue weighted by Crippen LogP contribution is 2.14. The summed E-state index contributed by atoms with van der Waals surface area (Å²) in [7, 11) is 0. The molecule has 5 nitrogen and oxygen atoms in total. The average molecular weight is 405 g/mol. The van der Waals surface area contributed by atoms with Crippen LogP contribution in [0, 0.1) is 6.92 Å². The number of hydrogen-bond donors (Lipinski definition) is 3. The Morgan fingerprint density at radius 2 is 2.25 bits per heavy atom. The van der Waals surface area contributed by atoms with Crippen LogP contribution in [0.3, 0.4) is 0 Å². The van der Waals surface area contributed by atoms with E-state index in [1.54, 1.807) is 17.5 Å². The normalized spacial score (nSPS) is 11.0. The molecular formula is C13H20IN5S. The highest BCUT2D eigenvalue weighted by Gasteiger charge is 2.02. The molecule has 3 N–H and O–H groups in total. The highest BCUT2D eigenvalue weighted by molar-refractivity contribution is 14.0. The summed E-state index contributed by atoms with van der Waals surface area (Å²) in [6.45, 7) is 6.43. The fourth-order valence-electron chi connectivity index (χ4n) is 1.63. The molecule has 7 heteroatoms. The smallest absolute Gasteiger partial charge is 0.191 e. The third-order valence-electron chi connectivity index (χ3n) is 2.69. The van der Waals surface area contributed by atoms with Gasteiger partial charge in [0.25, 0.3) is 0 Å². The Labute approximate surface area is 140 Å². The Bertz CT molecular complexity index is 521. The van der Waals surface area contributed by atoms with Gasteiger partial charge < -0.3 is 10.6 Å². The molecule has 2 rings (SSSR count). The van der Waals surface area contributed by atoms with Crippen molar-refractivity contribution in [1.82, 2.24) is 20.8 Å². The molecule has 0 unspecified atom stereocenters. The number of thiophene rings is 1. The first-order valence-corrected chi connectivity index (χ1v) is 7.21. The van der Waals surface area contributed by atoms with Gasteiger partial charge in [-0.3, -0.25) is 5.10 Å². The summed E-state index contributed by atoms with van der Waals surface area (Å²) in [4.78, 5) is 5.85. The predicted octanol–water partition coefficient (Wildman–Crippen LogP) is 2.65. The molecule has 0 saturated heterocycles. The Hall–Kier alpha value is -1.09. The third-order valence-corrected chi connectivity index (χ3v) is 3.72. The first-order chi connectivity index (χ1) is 9.29. The van der Waals surface area contributed by atoms with Crippen molar-refractivity contribution in [2.45, 2.75) is 26.9 Å². The molecule has 110 valence electrons. The minimum absolute atomic E-state index is 0. The van der Waals surface area contributed by atoms with E-state index in [4.69, 9.17) is 0 Å². The van der Waals surface area contributed by atoms with Crippen LogP contribution in [0.5, 0.6) is 0 Å². The monoisotopic (exact) mass is 405 g/mol. The molecule has 0 aliphatic rings. The fraction of sp³-hybridized carbons (Fsp3) is 0.385. The van der Waals surface area contributed by atoms with E-state index in [9.17, 15) is 0 Å². The summed E-state index contributed by atoms with van der Waals surface area (Å²) in [6, 6.07) is 4.06. The maximum Gasteiger partial charge on any atom is 0.191 e. The van der Waals surface area contributed by atoms with Gasteiger partial charge >= 0.3 is 0 Å². The van der Waals surface area contributed by atoms with Crippen LogP contribution >= 0.6 is 35.3 Å². The number of aromatic nitrogens is 2. The van der Waals surface area contributed by atoms with E-state index < -0.39 is 0 Å². The Morgan fingerprint density at radius 3 is 2.85 bits per heavy atom. The molecule has 0 aliphatic carbocycles. The van der Waals surface area contributed by atoms with Crippen LogP contribution in [0.2, 0.25) is 0 Å². The maximum atomic E-state index is 4.51. The summed E-state index contributed by atoms with van der Waals surface area (Å²) in [5.74, 6) is 0.824. The van der Waals surface area contributed by atoms with Crippen molar-refractivity contribution in [2.75, 3.05) is 6.54 Å². The fourth-order valence-corrected chi connectivity index (χ4v) is 2.47. The van der Waals surface area contributed by atoms with Crippen molar-refractivity contribution in [2.24, 2.45) is 4.99 Å². The van der Waals surface area contributed by atoms with E-state index in [0.717, 1.165) is 24.7 Å². The Balaban J connectivity index is 0.00000200. The number of halogens is 1. The van der Waals surface area contributed by atoms with Crippen LogP contribution < -0.4 is 10.6 Å². The molecule has 0 atom stereocenters. The highest BCUT2D eigenvalue weighted by atomic mass is 127. The molecule has 20 heavy (non-hydrogen) atoms. The number of guanidine groups is 1. The summed E-state index contributed by atoms with van der Waals surface area (Å²) < 4.78 is 0. The molecule has 0 bridgehead atoms. The largest absolute Gasteiger partial charge is 0.357 e. The van der Waals surface area contributed by atoms with Gasteiger partial charge in [0.15, 0.2) is 5.96 Å². The van der Waals surface area contributed by atoms with E-state index >= 15 is 0 Å². The zero-order chi connectivity index (χ0) is 13.5. The van der Waals surface area contributed by atoms with Crippen molar-refractivity contribution in [3.8, 4) is 0 Å². The van der Waals surface area contributed by atoms with Crippen LogP contribution in [-0.2, 0) is 13.1 Å². The third kappa shape index (κ3) is 5.12. The van der Waals surface area contributed by atoms with Gasteiger partial charge in [0, 0.05) is 17.6 Å². The van der Waals surface area contributed by atoms with E-state index in [-0.39, 0.29) is 24.0 Å². The molecular weight excluding hydrogens is 385 g/mol. The van der Waals surface area contributed by atoms with Gasteiger partial charge in [-0.15, -0.1) is 35.3 Å². The van der Waals surface area contributed by atoms with Crippen LogP contribution in [-0.4, -0.2) is 22.7 Å². The van der Waals surface area contributed by atoms with Crippen molar-refractivity contribution < 1.29 is 0 Å². The summed E-state index contributed by atoms with van der Waals surface area (Å²) in [5, 5.41) is 15.5. The van der Waals surface area contributed by atoms with Crippen molar-refractivity contribution in [1.29, 1.82) is 0 Å². The van der Waals surface area contributed by atoms with E-state index in [1.165, 1.54) is 10.4 Å². The van der Waals surface area contributed by atoms with Crippen LogP contribution in [0.15, 0.2) is 28.7 Å². The predicted molar refractivity (Wildman–Crippen MR) is 94.7 cm³/mol. The Kier molecular flexibility index (Phi) is 7.60. The molecule has 0 radical (unpaired) electrons. The van der Waals surface area contributed by atoms with Crippen LogP contribution in [0.25, 0.3) is 0 Å². The summed E-state index contributed by atoms with van der Waals surface area (Å²) in [6.07, 6.45) is 1.74. The first kappa shape index (κ1) is 17.0. The number of hydrogen-bond acceptors (Lipinski definition) is 3. The second-order valence-corrected chi connectivity index (χ2v) is 5.16. The number of nitrogens with one attached hydrogen (secondary N) is 3. The first-order valence-electron chi connectivity index (χ1n) is 6.33. The lowest BCUT2D eigenvalue weighted by Crippen LogP contribution is -2.36. The lowest BCUT2D eigenvalue weighted by atomic mass is 10.3. The minimum atomic E-state index is 0. The summed E-state index contributed by atoms with van der Waals surface area (Å²) >= 11 is 1.76. The molecule has 0 aromatic carbocycles. The van der Waals surface area contributed by atoms with Crippen molar-refractivity contribution in [3.05, 3.63) is 39.8 Å². The molecule has 2 aromatic heterocycles. The lowest BCUT2D eigenvalue weighted by Gasteiger charge is -2.10. The second-order valence-electron chi connectivity index (χ2n) is 4.16. The molecule has 0 fully saturated rings. The second kappa shape index (κ2) is 8.96. The standard InChI is InChI=1S/C13H19N5S.HI/c1-3-14-13(15-8-11-4-6-17-18-11)16-9-12-10(2)5-7-19-12;/h4-7H,3,8-9H2,1-2H3,(H,17,18)(H2,14,15,16);1H. The number of rotatable bonds is 5. The quantitative estimate of drug-likeness (QED) is 0.407. The summed E-state index contributed by atoms with van der Waals surface area (Å²) in [5.41, 5.74) is 2.33. The number of aryl methyl sites for hydroxylation is 1. The van der Waals surface area contributed by atoms with Crippen LogP contribution in [0.1, 0.15) is 23.1 Å². The molecule has 0 aliphatic heterocycles. The van der Waals surface area contributed by atoms with Crippen molar-refractivity contribution >= 4 is 41.3 Å². The van der Waals surface area contributed by atoms with Gasteiger partial charge in [-0.2, -0.15) is 5.10 Å². The van der Waals surface area contributed by atoms with E-state index in [2.05, 4.69) is 51.1 Å². The van der Waals surface area contributed by atoms with Crippen LogP contribution in [0.4, 0.5) is 0 Å². The van der Waals surface area contributed by atoms with Gasteiger partial charge in [0.05, 0.1) is 18.8 Å². The SMILES string of the molecule is CCNC(=NCc1ccn[nH]1)NCc1sccc1C.I.